The summed E-state index contributed by atoms with van der Waals surface area (Å²) in [4.78, 5) is 21.0. The van der Waals surface area contributed by atoms with E-state index in [1.165, 1.54) is 6.07 Å². The fourth-order valence-corrected chi connectivity index (χ4v) is 1.25. The Morgan fingerprint density at radius 3 is 3.00 bits per heavy atom. The first-order chi connectivity index (χ1) is 7.15. The van der Waals surface area contributed by atoms with Crippen LogP contribution in [0.5, 0.6) is 0 Å². The Morgan fingerprint density at radius 1 is 1.73 bits per heavy atom. The van der Waals surface area contributed by atoms with E-state index in [9.17, 15) is 14.9 Å². The average Bonchev–Trinajstić information content (AvgIpc) is 2.82. The van der Waals surface area contributed by atoms with E-state index >= 15 is 0 Å². The van der Waals surface area contributed by atoms with Gasteiger partial charge in [0.2, 0.25) is 5.91 Å². The summed E-state index contributed by atoms with van der Waals surface area (Å²) in [6.07, 6.45) is 2.66. The van der Waals surface area contributed by atoms with Crippen molar-refractivity contribution in [3.05, 3.63) is 16.2 Å². The molecule has 15 heavy (non-hydrogen) atoms. The van der Waals surface area contributed by atoms with Gasteiger partial charge in [0.05, 0.1) is 6.07 Å². The van der Waals surface area contributed by atoms with Gasteiger partial charge in [-0.1, -0.05) is 5.10 Å². The highest BCUT2D eigenvalue weighted by atomic mass is 16.6. The Balaban J connectivity index is 1.91. The van der Waals surface area contributed by atoms with Gasteiger partial charge in [-0.2, -0.15) is 0 Å². The van der Waals surface area contributed by atoms with Crippen molar-refractivity contribution in [1.29, 1.82) is 0 Å². The van der Waals surface area contributed by atoms with Crippen molar-refractivity contribution in [2.75, 3.05) is 5.32 Å². The van der Waals surface area contributed by atoms with Crippen LogP contribution in [0.2, 0.25) is 0 Å². The molecule has 1 aliphatic rings. The lowest BCUT2D eigenvalue weighted by molar-refractivity contribution is -0.389. The number of aromatic nitrogens is 2. The smallest absolute Gasteiger partial charge is 0.344 e. The van der Waals surface area contributed by atoms with Crippen molar-refractivity contribution in [3.63, 3.8) is 0 Å². The van der Waals surface area contributed by atoms with Gasteiger partial charge in [-0.05, 0) is 23.7 Å². The molecule has 1 aliphatic carbocycles. The van der Waals surface area contributed by atoms with E-state index in [2.05, 4.69) is 15.5 Å². The number of nitrogens with zero attached hydrogens (tertiary/aromatic N) is 2. The van der Waals surface area contributed by atoms with Crippen LogP contribution < -0.4 is 5.32 Å². The number of amides is 1. The number of nitrogens with one attached hydrogen (secondary N) is 2. The van der Waals surface area contributed by atoms with Gasteiger partial charge < -0.3 is 15.4 Å². The highest BCUT2D eigenvalue weighted by molar-refractivity contribution is 5.90. The summed E-state index contributed by atoms with van der Waals surface area (Å²) in [5.41, 5.74) is 0. The van der Waals surface area contributed by atoms with Gasteiger partial charge in [-0.25, -0.2) is 0 Å². The molecular weight excluding hydrogens is 200 g/mol. The van der Waals surface area contributed by atoms with Crippen LogP contribution in [0.4, 0.5) is 11.6 Å². The number of carbonyl (C=O) groups is 1. The summed E-state index contributed by atoms with van der Waals surface area (Å²) in [5, 5.41) is 18.6. The summed E-state index contributed by atoms with van der Waals surface area (Å²) in [6.45, 7) is 0. The van der Waals surface area contributed by atoms with Gasteiger partial charge in [-0.3, -0.25) is 4.79 Å². The molecule has 7 nitrogen and oxygen atoms in total. The SMILES string of the molecule is O=C(CC1CC1)Nc1cc([N+](=O)[O-])[nH]n1. The maximum atomic E-state index is 11.3. The van der Waals surface area contributed by atoms with Crippen LogP contribution in [0.15, 0.2) is 6.07 Å². The Labute approximate surface area is 85.0 Å². The molecule has 0 spiro atoms. The molecule has 1 aromatic rings. The highest BCUT2D eigenvalue weighted by Gasteiger charge is 2.24. The quantitative estimate of drug-likeness (QED) is 0.573. The largest absolute Gasteiger partial charge is 0.358 e. The van der Waals surface area contributed by atoms with E-state index in [-0.39, 0.29) is 17.5 Å². The van der Waals surface area contributed by atoms with Gasteiger partial charge in [0.1, 0.15) is 0 Å². The normalized spacial score (nSPS) is 14.9. The number of hydrogen-bond donors (Lipinski definition) is 2. The Bertz CT molecular complexity index is 396. The molecule has 0 radical (unpaired) electrons. The first-order valence-corrected chi connectivity index (χ1v) is 4.65. The van der Waals surface area contributed by atoms with Gasteiger partial charge in [0, 0.05) is 6.42 Å². The lowest BCUT2D eigenvalue weighted by Gasteiger charge is -1.97. The topological polar surface area (TPSA) is 101 Å². The van der Waals surface area contributed by atoms with E-state index < -0.39 is 4.92 Å². The van der Waals surface area contributed by atoms with Gasteiger partial charge in [-0.15, -0.1) is 5.10 Å². The van der Waals surface area contributed by atoms with E-state index in [0.717, 1.165) is 12.8 Å². The molecule has 0 aliphatic heterocycles. The van der Waals surface area contributed by atoms with Crippen molar-refractivity contribution < 1.29 is 9.72 Å². The molecule has 80 valence electrons. The van der Waals surface area contributed by atoms with Crippen LogP contribution in [0.1, 0.15) is 19.3 Å². The summed E-state index contributed by atoms with van der Waals surface area (Å²) < 4.78 is 0. The zero-order valence-electron chi connectivity index (χ0n) is 7.90. The summed E-state index contributed by atoms with van der Waals surface area (Å²) >= 11 is 0. The van der Waals surface area contributed by atoms with E-state index in [0.29, 0.717) is 12.3 Å². The molecule has 1 saturated carbocycles. The zero-order valence-corrected chi connectivity index (χ0v) is 7.90. The second-order valence-corrected chi connectivity index (χ2v) is 3.59. The third-order valence-corrected chi connectivity index (χ3v) is 2.20. The molecule has 2 N–H and O–H groups in total. The summed E-state index contributed by atoms with van der Waals surface area (Å²) in [6, 6.07) is 1.20. The molecule has 1 amide bonds. The molecule has 0 bridgehead atoms. The predicted octanol–water partition coefficient (Wildman–Crippen LogP) is 1.06. The molecule has 2 rings (SSSR count). The monoisotopic (exact) mass is 210 g/mol. The standard InChI is InChI=1S/C8H10N4O3/c13-8(3-5-1-2-5)9-6-4-7(11-10-6)12(14)15/h4-5H,1-3H2,(H2,9,10,11,13). The number of hydrogen-bond acceptors (Lipinski definition) is 4. The van der Waals surface area contributed by atoms with Gasteiger partial charge >= 0.3 is 5.82 Å². The maximum Gasteiger partial charge on any atom is 0.344 e. The van der Waals surface area contributed by atoms with Crippen molar-refractivity contribution in [1.82, 2.24) is 10.2 Å². The molecule has 1 heterocycles. The lowest BCUT2D eigenvalue weighted by Crippen LogP contribution is -2.12. The number of rotatable bonds is 4. The summed E-state index contributed by atoms with van der Waals surface area (Å²) in [5.74, 6) is 0.321. The second-order valence-electron chi connectivity index (χ2n) is 3.59. The Kier molecular flexibility index (Phi) is 2.36. The fraction of sp³-hybridized carbons (Fsp3) is 0.500. The summed E-state index contributed by atoms with van der Waals surface area (Å²) in [7, 11) is 0. The van der Waals surface area contributed by atoms with Crippen LogP contribution in [0.25, 0.3) is 0 Å². The van der Waals surface area contributed by atoms with Crippen LogP contribution >= 0.6 is 0 Å². The molecule has 0 unspecified atom stereocenters. The first-order valence-electron chi connectivity index (χ1n) is 4.65. The maximum absolute atomic E-state index is 11.3. The highest BCUT2D eigenvalue weighted by Crippen LogP contribution is 2.32. The third-order valence-electron chi connectivity index (χ3n) is 2.20. The molecular formula is C8H10N4O3. The molecule has 1 aromatic heterocycles. The van der Waals surface area contributed by atoms with Crippen molar-refractivity contribution in [2.45, 2.75) is 19.3 Å². The Morgan fingerprint density at radius 2 is 2.47 bits per heavy atom. The van der Waals surface area contributed by atoms with Crippen molar-refractivity contribution in [2.24, 2.45) is 5.92 Å². The molecule has 0 saturated heterocycles. The molecule has 7 heteroatoms. The molecule has 0 atom stereocenters. The van der Waals surface area contributed by atoms with Gasteiger partial charge in [0.15, 0.2) is 5.82 Å². The number of carbonyl (C=O) groups excluding carboxylic acids is 1. The van der Waals surface area contributed by atoms with Crippen molar-refractivity contribution in [3.8, 4) is 0 Å². The van der Waals surface area contributed by atoms with Crippen LogP contribution in [-0.2, 0) is 4.79 Å². The molecule has 0 aromatic carbocycles. The van der Waals surface area contributed by atoms with E-state index in [1.54, 1.807) is 0 Å². The number of aromatic amines is 1. The van der Waals surface area contributed by atoms with Crippen molar-refractivity contribution >= 4 is 17.5 Å². The van der Waals surface area contributed by atoms with Crippen LogP contribution in [0.3, 0.4) is 0 Å². The Hall–Kier alpha value is -1.92. The minimum Gasteiger partial charge on any atom is -0.358 e. The second kappa shape index (κ2) is 3.68. The molecule has 1 fully saturated rings. The number of nitro groups is 1. The van der Waals surface area contributed by atoms with Gasteiger partial charge in [0.25, 0.3) is 0 Å². The van der Waals surface area contributed by atoms with E-state index in [4.69, 9.17) is 0 Å². The fourth-order valence-electron chi connectivity index (χ4n) is 1.25. The average molecular weight is 210 g/mol. The zero-order chi connectivity index (χ0) is 10.8. The first kappa shape index (κ1) is 9.63. The lowest BCUT2D eigenvalue weighted by atomic mass is 10.3. The predicted molar refractivity (Wildman–Crippen MR) is 51.2 cm³/mol. The number of anilines is 1. The number of H-pyrrole nitrogens is 1. The third kappa shape index (κ3) is 2.52. The minimum absolute atomic E-state index is 0.140. The van der Waals surface area contributed by atoms with Crippen LogP contribution in [0, 0.1) is 16.0 Å². The van der Waals surface area contributed by atoms with Crippen LogP contribution in [-0.4, -0.2) is 21.0 Å². The van der Waals surface area contributed by atoms with E-state index in [1.807, 2.05) is 0 Å². The minimum atomic E-state index is -0.594.